The molecule has 6 heteroatoms. The first-order chi connectivity index (χ1) is 5.77. The molecule has 5 nitrogen and oxygen atoms in total. The van der Waals surface area contributed by atoms with E-state index in [2.05, 4.69) is 15.0 Å². The highest BCUT2D eigenvalue weighted by Crippen LogP contribution is 1.95. The number of aryl methyl sites for hydroxylation is 1. The van der Waals surface area contributed by atoms with Crippen LogP contribution >= 0.6 is 11.6 Å². The molecule has 12 heavy (non-hydrogen) atoms. The van der Waals surface area contributed by atoms with E-state index in [0.717, 1.165) is 0 Å². The molecule has 0 aromatic carbocycles. The van der Waals surface area contributed by atoms with E-state index < -0.39 is 5.97 Å². The quantitative estimate of drug-likeness (QED) is 0.507. The van der Waals surface area contributed by atoms with Crippen molar-refractivity contribution in [2.24, 2.45) is 0 Å². The Morgan fingerprint density at radius 1 is 1.83 bits per heavy atom. The van der Waals surface area contributed by atoms with Crippen molar-refractivity contribution in [1.29, 1.82) is 0 Å². The van der Waals surface area contributed by atoms with Crippen LogP contribution in [0.5, 0.6) is 0 Å². The van der Waals surface area contributed by atoms with E-state index in [1.54, 1.807) is 0 Å². The predicted octanol–water partition coefficient (Wildman–Crippen LogP) is 0.303. The molecule has 0 atom stereocenters. The number of methoxy groups -OCH3 is 1. The maximum Gasteiger partial charge on any atom is 0.360 e. The summed E-state index contributed by atoms with van der Waals surface area (Å²) in [7, 11) is 1.29. The molecule has 0 aliphatic carbocycles. The van der Waals surface area contributed by atoms with Gasteiger partial charge in [0.25, 0.3) is 0 Å². The van der Waals surface area contributed by atoms with Gasteiger partial charge in [-0.1, -0.05) is 5.21 Å². The van der Waals surface area contributed by atoms with E-state index in [1.165, 1.54) is 18.0 Å². The van der Waals surface area contributed by atoms with E-state index >= 15 is 0 Å². The summed E-state index contributed by atoms with van der Waals surface area (Å²) in [5, 5.41) is 7.24. The Bertz CT molecular complexity index is 274. The number of halogens is 1. The molecular weight excluding hydrogens is 182 g/mol. The van der Waals surface area contributed by atoms with Crippen molar-refractivity contribution in [3.05, 3.63) is 11.9 Å². The van der Waals surface area contributed by atoms with E-state index in [0.29, 0.717) is 12.4 Å². The zero-order valence-corrected chi connectivity index (χ0v) is 7.28. The minimum Gasteiger partial charge on any atom is -0.464 e. The maximum atomic E-state index is 10.9. The van der Waals surface area contributed by atoms with Gasteiger partial charge in [-0.15, -0.1) is 16.7 Å². The molecule has 1 rings (SSSR count). The van der Waals surface area contributed by atoms with Crippen molar-refractivity contribution >= 4 is 17.6 Å². The fourth-order valence-electron chi connectivity index (χ4n) is 0.692. The summed E-state index contributed by atoms with van der Waals surface area (Å²) in [5.74, 6) is -0.0555. The zero-order chi connectivity index (χ0) is 8.97. The number of ether oxygens (including phenoxy) is 1. The van der Waals surface area contributed by atoms with E-state index in [-0.39, 0.29) is 5.69 Å². The lowest BCUT2D eigenvalue weighted by Crippen LogP contribution is -2.01. The van der Waals surface area contributed by atoms with Gasteiger partial charge in [0.1, 0.15) is 0 Å². The molecule has 0 aliphatic heterocycles. The molecule has 1 aromatic heterocycles. The van der Waals surface area contributed by atoms with Gasteiger partial charge in [0.2, 0.25) is 0 Å². The number of rotatable bonds is 3. The Balaban J connectivity index is 2.70. The van der Waals surface area contributed by atoms with Crippen LogP contribution in [-0.2, 0) is 11.3 Å². The smallest absolute Gasteiger partial charge is 0.360 e. The lowest BCUT2D eigenvalue weighted by atomic mass is 10.5. The molecular formula is C6H8ClN3O2. The second-order valence-corrected chi connectivity index (χ2v) is 2.43. The molecule has 0 saturated carbocycles. The fourth-order valence-corrected chi connectivity index (χ4v) is 0.866. The number of carbonyl (C=O) groups excluding carboxylic acids is 1. The molecule has 0 bridgehead atoms. The van der Waals surface area contributed by atoms with Gasteiger partial charge < -0.3 is 4.74 Å². The second kappa shape index (κ2) is 4.06. The Kier molecular flexibility index (Phi) is 3.04. The van der Waals surface area contributed by atoms with Crippen molar-refractivity contribution in [3.63, 3.8) is 0 Å². The fraction of sp³-hybridized carbons (Fsp3) is 0.500. The summed E-state index contributed by atoms with van der Waals surface area (Å²) in [6, 6.07) is 0. The first kappa shape index (κ1) is 8.99. The Hall–Kier alpha value is -1.10. The monoisotopic (exact) mass is 189 g/mol. The van der Waals surface area contributed by atoms with Crippen LogP contribution in [0.25, 0.3) is 0 Å². The van der Waals surface area contributed by atoms with Gasteiger partial charge in [0, 0.05) is 5.88 Å². The summed E-state index contributed by atoms with van der Waals surface area (Å²) in [4.78, 5) is 10.9. The molecule has 1 aromatic rings. The van der Waals surface area contributed by atoms with Gasteiger partial charge in [0.05, 0.1) is 19.9 Å². The minimum absolute atomic E-state index is 0.197. The standard InChI is InChI=1S/C6H8ClN3O2/c1-12-6(11)5-4-10(3-2-7)9-8-5/h4H,2-3H2,1H3. The van der Waals surface area contributed by atoms with Crippen molar-refractivity contribution in [1.82, 2.24) is 15.0 Å². The molecule has 1 heterocycles. The van der Waals surface area contributed by atoms with Gasteiger partial charge in [-0.3, -0.25) is 4.68 Å². The maximum absolute atomic E-state index is 10.9. The molecule has 0 fully saturated rings. The molecule has 0 saturated heterocycles. The number of aromatic nitrogens is 3. The third-order valence-corrected chi connectivity index (χ3v) is 1.42. The van der Waals surface area contributed by atoms with Crippen LogP contribution in [0.15, 0.2) is 6.20 Å². The topological polar surface area (TPSA) is 57.0 Å². The lowest BCUT2D eigenvalue weighted by Gasteiger charge is -1.91. The van der Waals surface area contributed by atoms with Gasteiger partial charge in [-0.2, -0.15) is 0 Å². The van der Waals surface area contributed by atoms with Gasteiger partial charge in [0.15, 0.2) is 5.69 Å². The first-order valence-corrected chi connectivity index (χ1v) is 3.85. The third kappa shape index (κ3) is 1.94. The van der Waals surface area contributed by atoms with Crippen LogP contribution in [0.1, 0.15) is 10.5 Å². The Morgan fingerprint density at radius 2 is 2.58 bits per heavy atom. The normalized spacial score (nSPS) is 9.83. The minimum atomic E-state index is -0.490. The van der Waals surface area contributed by atoms with Crippen LogP contribution in [0.4, 0.5) is 0 Å². The largest absolute Gasteiger partial charge is 0.464 e. The van der Waals surface area contributed by atoms with Crippen LogP contribution in [0.2, 0.25) is 0 Å². The van der Waals surface area contributed by atoms with Gasteiger partial charge in [-0.05, 0) is 0 Å². The van der Waals surface area contributed by atoms with Crippen LogP contribution in [0, 0.1) is 0 Å². The molecule has 0 radical (unpaired) electrons. The van der Waals surface area contributed by atoms with E-state index in [9.17, 15) is 4.79 Å². The van der Waals surface area contributed by atoms with Crippen LogP contribution < -0.4 is 0 Å². The number of hydrogen-bond acceptors (Lipinski definition) is 4. The number of esters is 1. The number of alkyl halides is 1. The number of carbonyl (C=O) groups is 1. The number of hydrogen-bond donors (Lipinski definition) is 0. The summed E-state index contributed by atoms with van der Waals surface area (Å²) in [6.45, 7) is 0.533. The van der Waals surface area contributed by atoms with Crippen molar-refractivity contribution in [2.75, 3.05) is 13.0 Å². The third-order valence-electron chi connectivity index (χ3n) is 1.25. The van der Waals surface area contributed by atoms with Crippen molar-refractivity contribution < 1.29 is 9.53 Å². The van der Waals surface area contributed by atoms with Gasteiger partial charge in [-0.25, -0.2) is 4.79 Å². The summed E-state index contributed by atoms with van der Waals surface area (Å²) in [5.41, 5.74) is 0.197. The van der Waals surface area contributed by atoms with Crippen molar-refractivity contribution in [3.8, 4) is 0 Å². The second-order valence-electron chi connectivity index (χ2n) is 2.05. The molecule has 0 aliphatic rings. The molecule has 66 valence electrons. The van der Waals surface area contributed by atoms with E-state index in [4.69, 9.17) is 11.6 Å². The summed E-state index contributed by atoms with van der Waals surface area (Å²) >= 11 is 5.45. The molecule has 0 unspecified atom stereocenters. The molecule has 0 spiro atoms. The highest BCUT2D eigenvalue weighted by Gasteiger charge is 2.09. The van der Waals surface area contributed by atoms with Crippen LogP contribution in [-0.4, -0.2) is 34.0 Å². The average Bonchev–Trinajstić information content (AvgIpc) is 2.52. The SMILES string of the molecule is COC(=O)c1cn(CCCl)nn1. The highest BCUT2D eigenvalue weighted by atomic mass is 35.5. The highest BCUT2D eigenvalue weighted by molar-refractivity contribution is 6.17. The van der Waals surface area contributed by atoms with Crippen molar-refractivity contribution in [2.45, 2.75) is 6.54 Å². The van der Waals surface area contributed by atoms with Crippen LogP contribution in [0.3, 0.4) is 0 Å². The number of nitrogens with zero attached hydrogens (tertiary/aromatic N) is 3. The van der Waals surface area contributed by atoms with Gasteiger partial charge >= 0.3 is 5.97 Å². The molecule has 0 amide bonds. The lowest BCUT2D eigenvalue weighted by molar-refractivity contribution is 0.0594. The zero-order valence-electron chi connectivity index (χ0n) is 6.53. The summed E-state index contributed by atoms with van der Waals surface area (Å²) < 4.78 is 5.93. The first-order valence-electron chi connectivity index (χ1n) is 3.32. The molecule has 0 N–H and O–H groups in total. The predicted molar refractivity (Wildman–Crippen MR) is 42.1 cm³/mol. The Labute approximate surface area is 74.3 Å². The Morgan fingerprint density at radius 3 is 3.17 bits per heavy atom. The van der Waals surface area contributed by atoms with E-state index in [1.807, 2.05) is 0 Å². The average molecular weight is 190 g/mol. The summed E-state index contributed by atoms with van der Waals surface area (Å²) in [6.07, 6.45) is 1.49.